The molecule has 4 nitrogen and oxygen atoms in total. The second-order valence-electron chi connectivity index (χ2n) is 13.4. The van der Waals surface area contributed by atoms with Crippen LogP contribution in [0.3, 0.4) is 0 Å². The number of hydrazine groups is 1. The van der Waals surface area contributed by atoms with Gasteiger partial charge >= 0.3 is 0 Å². The molecule has 242 valence electrons. The third kappa shape index (κ3) is 4.44. The minimum absolute atomic E-state index is 0.535. The maximum absolute atomic E-state index is 6.97. The summed E-state index contributed by atoms with van der Waals surface area (Å²) in [5.74, 6) is 0.535. The molecule has 10 aromatic rings. The van der Waals surface area contributed by atoms with Crippen molar-refractivity contribution in [1.82, 2.24) is 9.97 Å². The van der Waals surface area contributed by atoms with Gasteiger partial charge in [-0.25, -0.2) is 20.0 Å². The molecule has 11 rings (SSSR count). The molecule has 1 aliphatic rings. The molecule has 3 heterocycles. The molecular formula is C46H26B2N4S. The molecule has 1 aliphatic heterocycles. The number of thiophene rings is 1. The first-order chi connectivity index (χ1) is 26.1. The number of anilines is 4. The van der Waals surface area contributed by atoms with Crippen molar-refractivity contribution in [2.75, 3.05) is 10.0 Å². The van der Waals surface area contributed by atoms with E-state index in [2.05, 4.69) is 131 Å². The number of rotatable bonds is 3. The summed E-state index contributed by atoms with van der Waals surface area (Å²) in [7, 11) is 13.3. The Morgan fingerprint density at radius 1 is 0.509 bits per heavy atom. The van der Waals surface area contributed by atoms with Gasteiger partial charge in [0.1, 0.15) is 15.7 Å². The van der Waals surface area contributed by atoms with Gasteiger partial charge in [-0.05, 0) is 45.8 Å². The van der Waals surface area contributed by atoms with Crippen LogP contribution in [0.5, 0.6) is 0 Å². The molecule has 0 fully saturated rings. The predicted octanol–water partition coefficient (Wildman–Crippen LogP) is 10.4. The van der Waals surface area contributed by atoms with Crippen molar-refractivity contribution in [2.24, 2.45) is 0 Å². The lowest BCUT2D eigenvalue weighted by molar-refractivity contribution is 0.936. The van der Waals surface area contributed by atoms with E-state index in [1.54, 1.807) is 11.3 Å². The number of hydrogen-bond donors (Lipinski definition) is 0. The van der Waals surface area contributed by atoms with Crippen LogP contribution in [0.25, 0.3) is 75.0 Å². The molecule has 8 aromatic carbocycles. The highest BCUT2D eigenvalue weighted by Gasteiger charge is 2.38. The third-order valence-corrected chi connectivity index (χ3v) is 11.6. The summed E-state index contributed by atoms with van der Waals surface area (Å²) in [4.78, 5) is 10.9. The highest BCUT2D eigenvalue weighted by Crippen LogP contribution is 2.58. The van der Waals surface area contributed by atoms with Crippen LogP contribution in [0.15, 0.2) is 158 Å². The van der Waals surface area contributed by atoms with Crippen molar-refractivity contribution >= 4 is 114 Å². The smallest absolute Gasteiger partial charge is 0.246 e. The van der Waals surface area contributed by atoms with Gasteiger partial charge < -0.3 is 0 Å². The molecule has 2 aromatic heterocycles. The van der Waals surface area contributed by atoms with Crippen LogP contribution in [0, 0.1) is 0 Å². The molecule has 7 heteroatoms. The Morgan fingerprint density at radius 2 is 1.19 bits per heavy atom. The average molecular weight is 688 g/mol. The lowest BCUT2D eigenvalue weighted by Crippen LogP contribution is -2.42. The van der Waals surface area contributed by atoms with E-state index in [1.165, 1.54) is 20.9 Å². The first-order valence-electron chi connectivity index (χ1n) is 17.6. The van der Waals surface area contributed by atoms with Crippen LogP contribution < -0.4 is 20.9 Å². The van der Waals surface area contributed by atoms with Crippen LogP contribution in [-0.2, 0) is 0 Å². The van der Waals surface area contributed by atoms with Crippen molar-refractivity contribution in [3.63, 3.8) is 0 Å². The molecular weight excluding hydrogens is 662 g/mol. The summed E-state index contributed by atoms with van der Waals surface area (Å²) < 4.78 is 2.36. The quantitative estimate of drug-likeness (QED) is 0.173. The maximum atomic E-state index is 6.97. The number of nitrogens with zero attached hydrogens (tertiary/aromatic N) is 4. The summed E-state index contributed by atoms with van der Waals surface area (Å²) >= 11 is 1.80. The predicted molar refractivity (Wildman–Crippen MR) is 226 cm³/mol. The van der Waals surface area contributed by atoms with Gasteiger partial charge in [-0.2, -0.15) is 0 Å². The van der Waals surface area contributed by atoms with E-state index in [4.69, 9.17) is 25.7 Å². The van der Waals surface area contributed by atoms with Crippen molar-refractivity contribution < 1.29 is 0 Å². The normalized spacial score (nSPS) is 12.6. The van der Waals surface area contributed by atoms with E-state index in [-0.39, 0.29) is 0 Å². The lowest BCUT2D eigenvalue weighted by Gasteiger charge is -2.44. The Hall–Kier alpha value is -6.43. The van der Waals surface area contributed by atoms with Gasteiger partial charge in [0.05, 0.1) is 33.0 Å². The zero-order valence-corrected chi connectivity index (χ0v) is 29.2. The lowest BCUT2D eigenvalue weighted by atomic mass is 9.84. The zero-order chi connectivity index (χ0) is 35.2. The highest BCUT2D eigenvalue weighted by molar-refractivity contribution is 7.26. The van der Waals surface area contributed by atoms with Crippen molar-refractivity contribution in [1.29, 1.82) is 0 Å². The fourth-order valence-electron chi connectivity index (χ4n) is 8.17. The minimum Gasteiger partial charge on any atom is -0.246 e. The first-order valence-corrected chi connectivity index (χ1v) is 18.4. The van der Waals surface area contributed by atoms with Crippen LogP contribution in [0.2, 0.25) is 0 Å². The highest BCUT2D eigenvalue weighted by atomic mass is 32.1. The Bertz CT molecular complexity index is 3120. The Labute approximate surface area is 312 Å². The van der Waals surface area contributed by atoms with Crippen LogP contribution in [-0.4, -0.2) is 25.7 Å². The summed E-state index contributed by atoms with van der Waals surface area (Å²) in [5, 5.41) is 12.5. The van der Waals surface area contributed by atoms with Gasteiger partial charge in [-0.1, -0.05) is 144 Å². The van der Waals surface area contributed by atoms with Crippen LogP contribution in [0.1, 0.15) is 0 Å². The van der Waals surface area contributed by atoms with Crippen LogP contribution >= 0.6 is 11.3 Å². The molecule has 0 unspecified atom stereocenters. The molecule has 0 saturated carbocycles. The second-order valence-corrected chi connectivity index (χ2v) is 14.5. The van der Waals surface area contributed by atoms with Crippen LogP contribution in [0.4, 0.5) is 23.0 Å². The molecule has 0 N–H and O–H groups in total. The van der Waals surface area contributed by atoms with E-state index < -0.39 is 0 Å². The van der Waals surface area contributed by atoms with E-state index >= 15 is 0 Å². The van der Waals surface area contributed by atoms with Crippen molar-refractivity contribution in [2.45, 2.75) is 0 Å². The van der Waals surface area contributed by atoms with E-state index in [1.807, 2.05) is 36.4 Å². The minimum atomic E-state index is 0.535. The molecule has 0 atom stereocenters. The summed E-state index contributed by atoms with van der Waals surface area (Å²) in [6.07, 6.45) is 0. The first kappa shape index (κ1) is 30.2. The van der Waals surface area contributed by atoms with Gasteiger partial charge in [0.2, 0.25) is 0 Å². The molecule has 0 spiro atoms. The van der Waals surface area contributed by atoms with Gasteiger partial charge in [0.25, 0.3) is 5.95 Å². The zero-order valence-electron chi connectivity index (χ0n) is 28.4. The molecule has 53 heavy (non-hydrogen) atoms. The maximum Gasteiger partial charge on any atom is 0.251 e. The molecule has 0 aliphatic carbocycles. The number of para-hydroxylation sites is 1. The van der Waals surface area contributed by atoms with Crippen molar-refractivity contribution in [3.05, 3.63) is 158 Å². The second kappa shape index (κ2) is 11.5. The van der Waals surface area contributed by atoms with Gasteiger partial charge in [-0.15, -0.1) is 11.3 Å². The summed E-state index contributed by atoms with van der Waals surface area (Å²) in [6.45, 7) is 0. The van der Waals surface area contributed by atoms with Gasteiger partial charge in [-0.3, -0.25) is 0 Å². The summed E-state index contributed by atoms with van der Waals surface area (Å²) in [6, 6.07) is 54.9. The Balaban J connectivity index is 1.38. The fraction of sp³-hybridized carbons (Fsp3) is 0. The van der Waals surface area contributed by atoms with Gasteiger partial charge in [0, 0.05) is 37.5 Å². The topological polar surface area (TPSA) is 32.3 Å². The number of aromatic nitrogens is 2. The third-order valence-electron chi connectivity index (χ3n) is 10.4. The SMILES string of the molecule is [B]c1ccc(N2c3ccc4ccccc4c3-c3c(c4sc5ccccc5c4c4ccccc34)N2c2nc(-c3ccccc3)c3ccccc3n2)c([B])c1. The fourth-order valence-corrected chi connectivity index (χ4v) is 9.42. The molecule has 0 saturated heterocycles. The van der Waals surface area contributed by atoms with E-state index in [0.29, 0.717) is 16.9 Å². The van der Waals surface area contributed by atoms with E-state index in [9.17, 15) is 0 Å². The largest absolute Gasteiger partial charge is 0.251 e. The molecule has 0 amide bonds. The molecule has 4 radical (unpaired) electrons. The van der Waals surface area contributed by atoms with Crippen molar-refractivity contribution in [3.8, 4) is 22.4 Å². The monoisotopic (exact) mass is 688 g/mol. The van der Waals surface area contributed by atoms with Gasteiger partial charge in [0.15, 0.2) is 0 Å². The number of hydrogen-bond acceptors (Lipinski definition) is 5. The average Bonchev–Trinajstić information content (AvgIpc) is 3.60. The summed E-state index contributed by atoms with van der Waals surface area (Å²) in [5.41, 5.74) is 8.89. The molecule has 0 bridgehead atoms. The standard InChI is InChI=1S/C46H26B2N4S/c47-29-23-25-37(35(48)26-29)51-38-24-22-27-12-4-5-15-30(27)41(38)42-32-17-7-6-16-31(32)40-34-19-9-11-21-39(34)53-45(40)44(42)52(51)46-49-36-20-10-8-18-33(36)43(50-46)28-13-2-1-3-14-28/h1-26H. The number of fused-ring (bicyclic) bond motifs is 13. The Kier molecular flexibility index (Phi) is 6.58. The van der Waals surface area contributed by atoms with E-state index in [0.717, 1.165) is 71.2 Å². The number of benzene rings is 8. The Morgan fingerprint density at radius 3 is 2.02 bits per heavy atom.